The fourth-order valence-corrected chi connectivity index (χ4v) is 1.75. The maximum Gasteiger partial charge on any atom is 0.335 e. The van der Waals surface area contributed by atoms with Crippen molar-refractivity contribution in [3.05, 3.63) is 0 Å². The molecule has 16 nitrogen and oxygen atoms in total. The highest BCUT2D eigenvalue weighted by atomic mass is 16.4. The molecule has 0 saturated heterocycles. The van der Waals surface area contributed by atoms with E-state index in [4.69, 9.17) is 40.9 Å². The highest BCUT2D eigenvalue weighted by Gasteiger charge is 2.29. The first-order chi connectivity index (χ1) is 13.7. The second-order valence-electron chi connectivity index (χ2n) is 5.56. The maximum absolute atomic E-state index is 10.6. The number of aliphatic carboxylic acids is 6. The lowest BCUT2D eigenvalue weighted by Crippen LogP contribution is -2.43. The highest BCUT2D eigenvalue weighted by molar-refractivity contribution is 5.83. The van der Waals surface area contributed by atoms with Crippen molar-refractivity contribution in [1.82, 2.24) is 9.80 Å². The van der Waals surface area contributed by atoms with E-state index < -0.39 is 74.2 Å². The van der Waals surface area contributed by atoms with E-state index >= 15 is 0 Å². The third-order valence-electron chi connectivity index (χ3n) is 2.97. The Kier molecular flexibility index (Phi) is 14.1. The molecule has 0 saturated carbocycles. The average Bonchev–Trinajstić information content (AvgIpc) is 2.56. The van der Waals surface area contributed by atoms with Crippen LogP contribution in [0.25, 0.3) is 0 Å². The molecule has 0 fully saturated rings. The van der Waals surface area contributed by atoms with Gasteiger partial charge in [0.25, 0.3) is 0 Å². The van der Waals surface area contributed by atoms with Crippen LogP contribution in [0.5, 0.6) is 0 Å². The zero-order valence-electron chi connectivity index (χ0n) is 15.3. The topological polar surface area (TPSA) is 271 Å². The molecule has 0 aliphatic heterocycles. The Hall–Kier alpha value is -3.34. The van der Waals surface area contributed by atoms with Gasteiger partial charge in [0.1, 0.15) is 0 Å². The van der Waals surface area contributed by atoms with Crippen LogP contribution in [0.3, 0.4) is 0 Å². The number of nitrogens with zero attached hydrogens (tertiary/aromatic N) is 2. The van der Waals surface area contributed by atoms with Gasteiger partial charge in [0.2, 0.25) is 0 Å². The van der Waals surface area contributed by atoms with Gasteiger partial charge >= 0.3 is 35.8 Å². The average molecular weight is 442 g/mol. The van der Waals surface area contributed by atoms with Crippen LogP contribution >= 0.6 is 0 Å². The number of aliphatic hydroxyl groups excluding tert-OH is 2. The van der Waals surface area contributed by atoms with Gasteiger partial charge in [-0.1, -0.05) is 0 Å². The van der Waals surface area contributed by atoms with Crippen molar-refractivity contribution in [2.45, 2.75) is 12.2 Å². The van der Waals surface area contributed by atoms with E-state index in [-0.39, 0.29) is 13.1 Å². The number of aliphatic hydroxyl groups is 2. The third kappa shape index (κ3) is 15.7. The number of rotatable bonds is 14. The van der Waals surface area contributed by atoms with E-state index in [1.807, 2.05) is 0 Å². The number of hydrogen-bond acceptors (Lipinski definition) is 10. The molecule has 0 bridgehead atoms. The summed E-state index contributed by atoms with van der Waals surface area (Å²) in [5, 5.41) is 67.0. The fraction of sp³-hybridized carbons (Fsp3) is 0.571. The molecule has 0 aromatic carbocycles. The van der Waals surface area contributed by atoms with Gasteiger partial charge in [-0.15, -0.1) is 0 Å². The molecule has 0 aliphatic carbocycles. The normalized spacial score (nSPS) is 12.4. The Morgan fingerprint density at radius 1 is 0.500 bits per heavy atom. The van der Waals surface area contributed by atoms with Crippen LogP contribution in [0.1, 0.15) is 0 Å². The van der Waals surface area contributed by atoms with Crippen molar-refractivity contribution in [3.8, 4) is 0 Å². The molecule has 0 aromatic heterocycles. The quantitative estimate of drug-likeness (QED) is 0.127. The maximum atomic E-state index is 10.6. The van der Waals surface area contributed by atoms with Crippen LogP contribution in [0.15, 0.2) is 0 Å². The van der Waals surface area contributed by atoms with Crippen molar-refractivity contribution >= 4 is 35.8 Å². The number of hydrogen-bond donors (Lipinski definition) is 8. The molecule has 2 atom stereocenters. The Balaban J connectivity index is 0. The summed E-state index contributed by atoms with van der Waals surface area (Å²) in [7, 11) is 0. The number of carboxylic acids is 6. The fourth-order valence-electron chi connectivity index (χ4n) is 1.75. The molecule has 0 heterocycles. The van der Waals surface area contributed by atoms with Crippen molar-refractivity contribution in [1.29, 1.82) is 0 Å². The van der Waals surface area contributed by atoms with E-state index in [1.54, 1.807) is 0 Å². The van der Waals surface area contributed by atoms with E-state index in [1.165, 1.54) is 0 Å². The molecule has 172 valence electrons. The lowest BCUT2D eigenvalue weighted by Gasteiger charge is -2.23. The summed E-state index contributed by atoms with van der Waals surface area (Å²) in [6.45, 7) is -2.25. The van der Waals surface area contributed by atoms with E-state index in [0.717, 1.165) is 9.80 Å². The van der Waals surface area contributed by atoms with Gasteiger partial charge in [-0.2, -0.15) is 0 Å². The molecular formula is C14H22N2O14. The predicted molar refractivity (Wildman–Crippen MR) is 90.7 cm³/mol. The molecule has 0 rings (SSSR count). The summed E-state index contributed by atoms with van der Waals surface area (Å²) in [6.07, 6.45) is -4.53. The van der Waals surface area contributed by atoms with E-state index in [0.29, 0.717) is 0 Å². The molecule has 0 radical (unpaired) electrons. The molecule has 0 amide bonds. The summed E-state index contributed by atoms with van der Waals surface area (Å²) >= 11 is 0. The minimum Gasteiger partial charge on any atom is -0.480 e. The van der Waals surface area contributed by atoms with Gasteiger partial charge in [-0.3, -0.25) is 29.0 Å². The van der Waals surface area contributed by atoms with Gasteiger partial charge in [-0.05, 0) is 0 Å². The van der Waals surface area contributed by atoms with Gasteiger partial charge in [0.15, 0.2) is 12.2 Å². The van der Waals surface area contributed by atoms with E-state index in [9.17, 15) is 28.8 Å². The van der Waals surface area contributed by atoms with Gasteiger partial charge in [0, 0.05) is 13.1 Å². The Morgan fingerprint density at radius 2 is 0.700 bits per heavy atom. The summed E-state index contributed by atoms with van der Waals surface area (Å²) in [5.41, 5.74) is 0. The molecule has 0 aromatic rings. The largest absolute Gasteiger partial charge is 0.480 e. The predicted octanol–water partition coefficient (Wildman–Crippen LogP) is -4.19. The minimum atomic E-state index is -2.27. The van der Waals surface area contributed by atoms with Crippen LogP contribution in [0, 0.1) is 0 Å². The molecule has 16 heteroatoms. The molecule has 30 heavy (non-hydrogen) atoms. The summed E-state index contributed by atoms with van der Waals surface area (Å²) in [6, 6.07) is 0. The monoisotopic (exact) mass is 442 g/mol. The Morgan fingerprint density at radius 3 is 0.833 bits per heavy atom. The van der Waals surface area contributed by atoms with Crippen molar-refractivity contribution in [3.63, 3.8) is 0 Å². The zero-order chi connectivity index (χ0) is 24.0. The van der Waals surface area contributed by atoms with Crippen molar-refractivity contribution in [2.75, 3.05) is 39.3 Å². The lowest BCUT2D eigenvalue weighted by atomic mass is 10.2. The molecular weight excluding hydrogens is 420 g/mol. The van der Waals surface area contributed by atoms with Crippen LogP contribution in [0.4, 0.5) is 0 Å². The van der Waals surface area contributed by atoms with Gasteiger partial charge < -0.3 is 40.9 Å². The lowest BCUT2D eigenvalue weighted by molar-refractivity contribution is -0.165. The molecule has 8 N–H and O–H groups in total. The van der Waals surface area contributed by atoms with E-state index in [2.05, 4.69) is 0 Å². The third-order valence-corrected chi connectivity index (χ3v) is 2.97. The molecule has 0 spiro atoms. The Labute approximate surface area is 167 Å². The number of carboxylic acid groups (broad SMARTS) is 6. The summed E-state index contributed by atoms with van der Waals surface area (Å²) in [4.78, 5) is 63.9. The first-order valence-corrected chi connectivity index (χ1v) is 7.81. The van der Waals surface area contributed by atoms with Crippen molar-refractivity contribution < 1.29 is 69.6 Å². The number of carbonyl (C=O) groups is 6. The van der Waals surface area contributed by atoms with Crippen LogP contribution in [-0.2, 0) is 28.8 Å². The van der Waals surface area contributed by atoms with Crippen molar-refractivity contribution in [2.24, 2.45) is 0 Å². The van der Waals surface area contributed by atoms with Crippen LogP contribution < -0.4 is 0 Å². The minimum absolute atomic E-state index is 0.0703. The SMILES string of the molecule is O=C(O)C(O)C(O)C(=O)O.O=C(O)CN(CCN(CC(=O)O)CC(=O)O)CC(=O)O. The smallest absolute Gasteiger partial charge is 0.335 e. The second kappa shape index (κ2) is 14.6. The highest BCUT2D eigenvalue weighted by Crippen LogP contribution is 1.94. The standard InChI is InChI=1S/C10H16N2O8.C4H6O6/c13-7(14)3-11(4-8(15)16)1-2-12(5-9(17)18)6-10(19)20;5-1(3(7)8)2(6)4(9)10/h1-6H2,(H,13,14)(H,15,16)(H,17,18)(H,19,20);1-2,5-6H,(H,7,8)(H,9,10). The first-order valence-electron chi connectivity index (χ1n) is 7.81. The van der Waals surface area contributed by atoms with Crippen LogP contribution in [0.2, 0.25) is 0 Å². The molecule has 0 aliphatic rings. The second-order valence-corrected chi connectivity index (χ2v) is 5.56. The van der Waals surface area contributed by atoms with Crippen LogP contribution in [-0.4, -0.2) is 138 Å². The van der Waals surface area contributed by atoms with Gasteiger partial charge in [-0.25, -0.2) is 9.59 Å². The molecule has 2 unspecified atom stereocenters. The summed E-state index contributed by atoms with van der Waals surface area (Å²) < 4.78 is 0. The first kappa shape index (κ1) is 28.9. The summed E-state index contributed by atoms with van der Waals surface area (Å²) in [5.74, 6) is -8.45. The van der Waals surface area contributed by atoms with Gasteiger partial charge in [0.05, 0.1) is 26.2 Å². The Bertz CT molecular complexity index is 550. The zero-order valence-corrected chi connectivity index (χ0v) is 15.3.